The Morgan fingerprint density at radius 1 is 1.29 bits per heavy atom. The molecule has 2 aromatic rings. The van der Waals surface area contributed by atoms with Crippen LogP contribution in [0.4, 0.5) is 5.69 Å². The van der Waals surface area contributed by atoms with Crippen molar-refractivity contribution < 1.29 is 24.0 Å². The van der Waals surface area contributed by atoms with E-state index in [2.05, 4.69) is 0 Å². The molecule has 10 heteroatoms. The molecular formula is C18H14N2O6S2. The monoisotopic (exact) mass is 418 g/mol. The topological polar surface area (TPSA) is 114 Å². The van der Waals surface area contributed by atoms with Gasteiger partial charge in [0.05, 0.1) is 9.83 Å². The Bertz CT molecular complexity index is 980. The molecule has 2 heterocycles. The Kier molecular flexibility index (Phi) is 5.90. The van der Waals surface area contributed by atoms with Crippen molar-refractivity contribution in [2.75, 3.05) is 6.54 Å². The summed E-state index contributed by atoms with van der Waals surface area (Å²) >= 11 is 6.33. The van der Waals surface area contributed by atoms with Gasteiger partial charge in [-0.05, 0) is 30.7 Å². The molecule has 0 unspecified atom stereocenters. The van der Waals surface area contributed by atoms with Crippen LogP contribution >= 0.6 is 24.0 Å². The molecule has 1 N–H and O–H groups in total. The Balaban J connectivity index is 1.72. The summed E-state index contributed by atoms with van der Waals surface area (Å²) in [5.41, 5.74) is 0.661. The predicted octanol–water partition coefficient (Wildman–Crippen LogP) is 3.92. The normalized spacial score (nSPS) is 15.4. The molecule has 28 heavy (non-hydrogen) atoms. The highest BCUT2D eigenvalue weighted by Gasteiger charge is 2.31. The van der Waals surface area contributed by atoms with Crippen molar-refractivity contribution in [3.63, 3.8) is 0 Å². The Hall–Kier alpha value is -2.98. The van der Waals surface area contributed by atoms with Crippen molar-refractivity contribution in [1.82, 2.24) is 4.90 Å². The number of aliphatic carboxylic acids is 1. The number of nitro groups is 1. The smallest absolute Gasteiger partial charge is 0.303 e. The summed E-state index contributed by atoms with van der Waals surface area (Å²) in [5, 5.41) is 19.4. The summed E-state index contributed by atoms with van der Waals surface area (Å²) in [7, 11) is 0. The lowest BCUT2D eigenvalue weighted by Gasteiger charge is -2.13. The van der Waals surface area contributed by atoms with E-state index in [1.54, 1.807) is 30.3 Å². The lowest BCUT2D eigenvalue weighted by molar-refractivity contribution is -0.384. The molecule has 0 aliphatic carbocycles. The maximum atomic E-state index is 12.5. The minimum atomic E-state index is -0.921. The van der Waals surface area contributed by atoms with Gasteiger partial charge in [-0.1, -0.05) is 24.0 Å². The number of benzene rings is 1. The van der Waals surface area contributed by atoms with Gasteiger partial charge in [-0.15, -0.1) is 0 Å². The average Bonchev–Trinajstić information content (AvgIpc) is 3.22. The van der Waals surface area contributed by atoms with E-state index in [0.717, 1.165) is 11.8 Å². The third-order valence-electron chi connectivity index (χ3n) is 3.91. The number of furan rings is 1. The second-order valence-corrected chi connectivity index (χ2v) is 7.51. The molecular weight excluding hydrogens is 404 g/mol. The van der Waals surface area contributed by atoms with E-state index < -0.39 is 10.9 Å². The fourth-order valence-corrected chi connectivity index (χ4v) is 3.83. The molecule has 3 rings (SSSR count). The molecule has 1 aromatic heterocycles. The van der Waals surface area contributed by atoms with Crippen molar-refractivity contribution >= 4 is 51.9 Å². The number of hydrogen-bond acceptors (Lipinski definition) is 7. The van der Waals surface area contributed by atoms with Crippen molar-refractivity contribution in [2.24, 2.45) is 0 Å². The quantitative estimate of drug-likeness (QED) is 0.311. The fourth-order valence-electron chi connectivity index (χ4n) is 2.54. The molecule has 1 aromatic carbocycles. The third-order valence-corrected chi connectivity index (χ3v) is 5.29. The van der Waals surface area contributed by atoms with Crippen molar-refractivity contribution in [2.45, 2.75) is 12.8 Å². The Morgan fingerprint density at radius 3 is 2.64 bits per heavy atom. The highest BCUT2D eigenvalue weighted by atomic mass is 32.2. The number of nitro benzene ring substituents is 1. The first kappa shape index (κ1) is 19.8. The van der Waals surface area contributed by atoms with Crippen LogP contribution in [0.25, 0.3) is 17.4 Å². The molecule has 0 saturated carbocycles. The predicted molar refractivity (Wildman–Crippen MR) is 108 cm³/mol. The zero-order valence-corrected chi connectivity index (χ0v) is 16.0. The minimum Gasteiger partial charge on any atom is -0.481 e. The van der Waals surface area contributed by atoms with Gasteiger partial charge in [-0.25, -0.2) is 0 Å². The van der Waals surface area contributed by atoms with Gasteiger partial charge in [0.25, 0.3) is 11.6 Å². The summed E-state index contributed by atoms with van der Waals surface area (Å²) in [6.45, 7) is 0.251. The van der Waals surface area contributed by atoms with E-state index in [4.69, 9.17) is 21.7 Å². The molecule has 0 spiro atoms. The highest BCUT2D eigenvalue weighted by molar-refractivity contribution is 8.26. The number of carboxylic acid groups (broad SMARTS) is 1. The Labute approximate surface area is 169 Å². The van der Waals surface area contributed by atoms with Crippen molar-refractivity contribution in [3.8, 4) is 11.3 Å². The van der Waals surface area contributed by atoms with E-state index in [0.29, 0.717) is 32.7 Å². The third kappa shape index (κ3) is 4.46. The summed E-state index contributed by atoms with van der Waals surface area (Å²) in [4.78, 5) is 35.1. The minimum absolute atomic E-state index is 0.0119. The SMILES string of the molecule is O=C(O)CCCN1C(=O)C(=Cc2ccc(-c3ccc([N+](=O)[O-])cc3)o2)SC1=S. The summed E-state index contributed by atoms with van der Waals surface area (Å²) in [6.07, 6.45) is 1.86. The maximum absolute atomic E-state index is 12.5. The van der Waals surface area contributed by atoms with E-state index in [9.17, 15) is 19.7 Å². The zero-order chi connectivity index (χ0) is 20.3. The van der Waals surface area contributed by atoms with Crippen LogP contribution in [0.2, 0.25) is 0 Å². The molecule has 1 aliphatic heterocycles. The number of carbonyl (C=O) groups excluding carboxylic acids is 1. The zero-order valence-electron chi connectivity index (χ0n) is 14.4. The summed E-state index contributed by atoms with van der Waals surface area (Å²) in [6, 6.07) is 9.35. The van der Waals surface area contributed by atoms with Gasteiger partial charge in [0.2, 0.25) is 0 Å². The van der Waals surface area contributed by atoms with Gasteiger partial charge in [0, 0.05) is 36.7 Å². The van der Waals surface area contributed by atoms with Gasteiger partial charge >= 0.3 is 5.97 Å². The first-order valence-electron chi connectivity index (χ1n) is 8.17. The van der Waals surface area contributed by atoms with Crippen LogP contribution in [0.1, 0.15) is 18.6 Å². The van der Waals surface area contributed by atoms with Gasteiger partial charge in [0.1, 0.15) is 15.8 Å². The highest BCUT2D eigenvalue weighted by Crippen LogP contribution is 2.34. The second-order valence-electron chi connectivity index (χ2n) is 5.84. The summed E-state index contributed by atoms with van der Waals surface area (Å²) in [5.74, 6) is -0.249. The van der Waals surface area contributed by atoms with E-state index in [1.807, 2.05) is 0 Å². The molecule has 1 amide bonds. The number of nitrogens with zero attached hydrogens (tertiary/aromatic N) is 2. The van der Waals surface area contributed by atoms with Crippen LogP contribution in [0.5, 0.6) is 0 Å². The maximum Gasteiger partial charge on any atom is 0.303 e. The number of amides is 1. The number of thioether (sulfide) groups is 1. The lowest BCUT2D eigenvalue weighted by atomic mass is 10.1. The molecule has 1 aliphatic rings. The van der Waals surface area contributed by atoms with Gasteiger partial charge in [0.15, 0.2) is 0 Å². The number of carboxylic acids is 1. The van der Waals surface area contributed by atoms with Crippen LogP contribution in [-0.4, -0.2) is 37.7 Å². The lowest BCUT2D eigenvalue weighted by Crippen LogP contribution is -2.29. The second kappa shape index (κ2) is 8.36. The first-order chi connectivity index (χ1) is 13.3. The molecule has 1 saturated heterocycles. The number of rotatable bonds is 7. The van der Waals surface area contributed by atoms with Crippen molar-refractivity contribution in [1.29, 1.82) is 0 Å². The Morgan fingerprint density at radius 2 is 2.00 bits per heavy atom. The van der Waals surface area contributed by atoms with Crippen LogP contribution in [0, 0.1) is 10.1 Å². The average molecular weight is 418 g/mol. The molecule has 1 fully saturated rings. The molecule has 8 nitrogen and oxygen atoms in total. The van der Waals surface area contributed by atoms with Gasteiger partial charge < -0.3 is 9.52 Å². The number of thiocarbonyl (C=S) groups is 1. The number of carbonyl (C=O) groups is 2. The molecule has 0 radical (unpaired) electrons. The van der Waals surface area contributed by atoms with E-state index in [-0.39, 0.29) is 24.6 Å². The first-order valence-corrected chi connectivity index (χ1v) is 9.39. The molecule has 0 atom stereocenters. The van der Waals surface area contributed by atoms with Gasteiger partial charge in [-0.3, -0.25) is 24.6 Å². The van der Waals surface area contributed by atoms with Crippen LogP contribution in [-0.2, 0) is 9.59 Å². The van der Waals surface area contributed by atoms with Gasteiger partial charge in [-0.2, -0.15) is 0 Å². The van der Waals surface area contributed by atoms with Crippen LogP contribution < -0.4 is 0 Å². The van der Waals surface area contributed by atoms with Crippen molar-refractivity contribution in [3.05, 3.63) is 57.2 Å². The van der Waals surface area contributed by atoms with E-state index in [1.165, 1.54) is 17.0 Å². The molecule has 0 bridgehead atoms. The van der Waals surface area contributed by atoms with E-state index >= 15 is 0 Å². The standard InChI is InChI=1S/C18H14N2O6S2/c21-16(22)2-1-9-19-17(23)15(28-18(19)27)10-13-7-8-14(26-13)11-3-5-12(6-4-11)20(24)25/h3-8,10H,1-2,9H2,(H,21,22). The summed E-state index contributed by atoms with van der Waals surface area (Å²) < 4.78 is 6.09. The fraction of sp³-hybridized carbons (Fsp3) is 0.167. The van der Waals surface area contributed by atoms with Crippen LogP contribution in [0.3, 0.4) is 0 Å². The molecule has 144 valence electrons. The number of hydrogen-bond donors (Lipinski definition) is 1. The van der Waals surface area contributed by atoms with Crippen LogP contribution in [0.15, 0.2) is 45.7 Å². The largest absolute Gasteiger partial charge is 0.481 e. The number of non-ortho nitro benzene ring substituents is 1.